The lowest BCUT2D eigenvalue weighted by Crippen LogP contribution is -2.25. The number of alkyl halides is 1. The van der Waals surface area contributed by atoms with Gasteiger partial charge in [-0.25, -0.2) is 0 Å². The summed E-state index contributed by atoms with van der Waals surface area (Å²) in [6, 6.07) is 0. The Balaban J connectivity index is 1.95. The number of hydrogen-bond acceptors (Lipinski definition) is 2. The molecular weight excluding hydrogens is 315 g/mol. The van der Waals surface area contributed by atoms with Crippen LogP contribution in [-0.2, 0) is 9.47 Å². The van der Waals surface area contributed by atoms with Crippen molar-refractivity contribution in [3.05, 3.63) is 0 Å². The number of ether oxygens (including phenoxy) is 2. The maximum absolute atomic E-state index is 5.86. The monoisotopic (exact) mass is 340 g/mol. The number of hydrogen-bond donors (Lipinski definition) is 0. The van der Waals surface area contributed by atoms with Crippen LogP contribution in [0, 0.1) is 0 Å². The Morgan fingerprint density at radius 2 is 2.06 bits per heavy atom. The van der Waals surface area contributed by atoms with Crippen molar-refractivity contribution < 1.29 is 9.47 Å². The second kappa shape index (κ2) is 9.66. The Labute approximate surface area is 114 Å². The minimum absolute atomic E-state index is 0.0753. The van der Waals surface area contributed by atoms with Crippen LogP contribution in [0.2, 0.25) is 0 Å². The van der Waals surface area contributed by atoms with Crippen molar-refractivity contribution >= 4 is 22.6 Å². The summed E-state index contributed by atoms with van der Waals surface area (Å²) in [4.78, 5) is 0. The van der Waals surface area contributed by atoms with Gasteiger partial charge in [-0.15, -0.1) is 0 Å². The molecule has 0 aliphatic carbocycles. The topological polar surface area (TPSA) is 18.5 Å². The summed E-state index contributed by atoms with van der Waals surface area (Å²) in [7, 11) is 0. The zero-order valence-electron chi connectivity index (χ0n) is 10.4. The van der Waals surface area contributed by atoms with Gasteiger partial charge in [0.05, 0.1) is 0 Å². The van der Waals surface area contributed by atoms with E-state index in [1.807, 2.05) is 0 Å². The smallest absolute Gasteiger partial charge is 0.159 e. The van der Waals surface area contributed by atoms with E-state index in [1.165, 1.54) is 51.4 Å². The molecule has 2 nitrogen and oxygen atoms in total. The molecule has 1 heterocycles. The Morgan fingerprint density at radius 1 is 1.25 bits per heavy atom. The maximum Gasteiger partial charge on any atom is 0.159 e. The predicted octanol–water partition coefficient (Wildman–Crippen LogP) is 4.65. The van der Waals surface area contributed by atoms with Gasteiger partial charge in [0.15, 0.2) is 6.29 Å². The van der Waals surface area contributed by atoms with Gasteiger partial charge in [0, 0.05) is 6.61 Å². The number of rotatable bonds is 8. The van der Waals surface area contributed by atoms with E-state index in [-0.39, 0.29) is 6.29 Å². The first-order valence-corrected chi connectivity index (χ1v) is 7.98. The van der Waals surface area contributed by atoms with E-state index >= 15 is 0 Å². The first-order valence-electron chi connectivity index (χ1n) is 6.74. The van der Waals surface area contributed by atoms with Crippen LogP contribution in [0.15, 0.2) is 0 Å². The molecule has 1 rings (SSSR count). The second-order valence-corrected chi connectivity index (χ2v) is 5.93. The fraction of sp³-hybridized carbons (Fsp3) is 1.00. The zero-order chi connectivity index (χ0) is 11.6. The summed E-state index contributed by atoms with van der Waals surface area (Å²) in [6.45, 7) is 3.13. The van der Waals surface area contributed by atoms with Crippen LogP contribution >= 0.6 is 22.6 Å². The van der Waals surface area contributed by atoms with Gasteiger partial charge in [-0.05, 0) is 25.7 Å². The summed E-state index contributed by atoms with van der Waals surface area (Å²) >= 11 is 2.40. The van der Waals surface area contributed by atoms with Gasteiger partial charge in [0.1, 0.15) is 4.11 Å². The van der Waals surface area contributed by atoms with Crippen LogP contribution < -0.4 is 0 Å². The summed E-state index contributed by atoms with van der Waals surface area (Å²) in [5, 5.41) is 0. The Morgan fingerprint density at radius 3 is 2.75 bits per heavy atom. The van der Waals surface area contributed by atoms with E-state index in [9.17, 15) is 0 Å². The highest BCUT2D eigenvalue weighted by atomic mass is 127. The van der Waals surface area contributed by atoms with Crippen molar-refractivity contribution in [1.82, 2.24) is 0 Å². The van der Waals surface area contributed by atoms with Crippen LogP contribution in [0.4, 0.5) is 0 Å². The van der Waals surface area contributed by atoms with Gasteiger partial charge in [-0.3, -0.25) is 0 Å². The van der Waals surface area contributed by atoms with Gasteiger partial charge in [0.25, 0.3) is 0 Å². The van der Waals surface area contributed by atoms with Crippen molar-refractivity contribution in [2.75, 3.05) is 6.61 Å². The highest BCUT2D eigenvalue weighted by Crippen LogP contribution is 2.21. The molecule has 0 saturated carbocycles. The molecule has 1 fully saturated rings. The normalized spacial score (nSPS) is 23.2. The Hall–Kier alpha value is 0.650. The molecule has 2 atom stereocenters. The molecule has 96 valence electrons. The second-order valence-electron chi connectivity index (χ2n) is 4.55. The summed E-state index contributed by atoms with van der Waals surface area (Å²) in [6.07, 6.45) is 11.5. The minimum Gasteiger partial charge on any atom is -0.353 e. The Bertz CT molecular complexity index is 158. The molecule has 1 aliphatic heterocycles. The molecule has 16 heavy (non-hydrogen) atoms. The summed E-state index contributed by atoms with van der Waals surface area (Å²) in [5.74, 6) is 0. The van der Waals surface area contributed by atoms with Gasteiger partial charge in [-0.2, -0.15) is 0 Å². The molecule has 0 aromatic carbocycles. The number of unbranched alkanes of at least 4 members (excludes halogenated alkanes) is 4. The average molecular weight is 340 g/mol. The van der Waals surface area contributed by atoms with E-state index < -0.39 is 0 Å². The van der Waals surface area contributed by atoms with Crippen LogP contribution in [0.5, 0.6) is 0 Å². The van der Waals surface area contributed by atoms with Crippen LogP contribution in [0.1, 0.15) is 64.7 Å². The molecule has 2 unspecified atom stereocenters. The Kier molecular flexibility index (Phi) is 8.88. The third-order valence-corrected chi connectivity index (χ3v) is 3.89. The lowest BCUT2D eigenvalue weighted by Gasteiger charge is -2.25. The molecule has 0 spiro atoms. The first-order chi connectivity index (χ1) is 7.83. The van der Waals surface area contributed by atoms with E-state index in [0.717, 1.165) is 13.0 Å². The fourth-order valence-electron chi connectivity index (χ4n) is 1.96. The van der Waals surface area contributed by atoms with Crippen molar-refractivity contribution in [3.8, 4) is 0 Å². The summed E-state index contributed by atoms with van der Waals surface area (Å²) in [5.41, 5.74) is 0. The molecule has 3 heteroatoms. The lowest BCUT2D eigenvalue weighted by atomic mass is 10.1. The quantitative estimate of drug-likeness (QED) is 0.364. The molecule has 1 saturated heterocycles. The molecule has 0 radical (unpaired) electrons. The SMILES string of the molecule is CCCCCCCC(I)OC1CCCCO1. The van der Waals surface area contributed by atoms with Crippen LogP contribution in [0.3, 0.4) is 0 Å². The van der Waals surface area contributed by atoms with Crippen molar-refractivity contribution in [2.24, 2.45) is 0 Å². The zero-order valence-corrected chi connectivity index (χ0v) is 12.6. The van der Waals surface area contributed by atoms with Crippen molar-refractivity contribution in [3.63, 3.8) is 0 Å². The molecule has 0 bridgehead atoms. The highest BCUT2D eigenvalue weighted by molar-refractivity contribution is 14.1. The maximum atomic E-state index is 5.86. The van der Waals surface area contributed by atoms with E-state index in [2.05, 4.69) is 29.5 Å². The fourth-order valence-corrected chi connectivity index (χ4v) is 2.73. The van der Waals surface area contributed by atoms with Crippen molar-refractivity contribution in [1.29, 1.82) is 0 Å². The standard InChI is InChI=1S/C13H25IO2/c1-2-3-4-5-6-9-12(14)16-13-10-7-8-11-15-13/h12-13H,2-11H2,1H3. The highest BCUT2D eigenvalue weighted by Gasteiger charge is 2.17. The summed E-state index contributed by atoms with van der Waals surface area (Å²) < 4.78 is 11.8. The predicted molar refractivity (Wildman–Crippen MR) is 75.9 cm³/mol. The molecule has 0 N–H and O–H groups in total. The largest absolute Gasteiger partial charge is 0.353 e. The van der Waals surface area contributed by atoms with Gasteiger partial charge >= 0.3 is 0 Å². The van der Waals surface area contributed by atoms with Gasteiger partial charge < -0.3 is 9.47 Å². The van der Waals surface area contributed by atoms with Crippen molar-refractivity contribution in [2.45, 2.75) is 75.1 Å². The van der Waals surface area contributed by atoms with Crippen LogP contribution in [-0.4, -0.2) is 17.0 Å². The molecule has 0 aromatic rings. The van der Waals surface area contributed by atoms with Gasteiger partial charge in [-0.1, -0.05) is 61.6 Å². The van der Waals surface area contributed by atoms with Gasteiger partial charge in [0.2, 0.25) is 0 Å². The van der Waals surface area contributed by atoms with E-state index in [0.29, 0.717) is 4.11 Å². The van der Waals surface area contributed by atoms with E-state index in [1.54, 1.807) is 0 Å². The number of halogens is 1. The van der Waals surface area contributed by atoms with E-state index in [4.69, 9.17) is 9.47 Å². The lowest BCUT2D eigenvalue weighted by molar-refractivity contribution is -0.167. The third kappa shape index (κ3) is 7.07. The molecule has 0 aromatic heterocycles. The average Bonchev–Trinajstić information content (AvgIpc) is 2.30. The van der Waals surface area contributed by atoms with Crippen LogP contribution in [0.25, 0.3) is 0 Å². The molecular formula is C13H25IO2. The third-order valence-electron chi connectivity index (χ3n) is 2.97. The minimum atomic E-state index is 0.0753. The first kappa shape index (κ1) is 14.7. The molecule has 0 amide bonds. The molecule has 1 aliphatic rings.